The van der Waals surface area contributed by atoms with Gasteiger partial charge in [0.2, 0.25) is 0 Å². The minimum atomic E-state index is -0.125. The van der Waals surface area contributed by atoms with E-state index in [-0.39, 0.29) is 5.91 Å². The summed E-state index contributed by atoms with van der Waals surface area (Å²) in [6.07, 6.45) is 0. The average Bonchev–Trinajstić information content (AvgIpc) is 3.15. The molecule has 0 spiro atoms. The van der Waals surface area contributed by atoms with Crippen LogP contribution in [-0.2, 0) is 6.54 Å². The van der Waals surface area contributed by atoms with Gasteiger partial charge in [0.1, 0.15) is 5.69 Å². The van der Waals surface area contributed by atoms with Crippen LogP contribution in [0.25, 0.3) is 22.1 Å². The van der Waals surface area contributed by atoms with Crippen molar-refractivity contribution in [2.24, 2.45) is 0 Å². The fourth-order valence-corrected chi connectivity index (χ4v) is 2.85. The predicted octanol–water partition coefficient (Wildman–Crippen LogP) is 4.73. The quantitative estimate of drug-likeness (QED) is 0.583. The Kier molecular flexibility index (Phi) is 4.23. The molecule has 4 aromatic rings. The Morgan fingerprint density at radius 2 is 1.73 bits per heavy atom. The van der Waals surface area contributed by atoms with Crippen LogP contribution in [0.4, 0.5) is 0 Å². The first-order valence-electron chi connectivity index (χ1n) is 8.49. The summed E-state index contributed by atoms with van der Waals surface area (Å²) in [5, 5.41) is 9.26. The minimum absolute atomic E-state index is 0.125. The molecule has 26 heavy (non-hydrogen) atoms. The molecule has 0 fully saturated rings. The van der Waals surface area contributed by atoms with Gasteiger partial charge in [-0.3, -0.25) is 4.79 Å². The summed E-state index contributed by atoms with van der Waals surface area (Å²) in [6, 6.07) is 23.6. The SMILES string of the molecule is Cc1ccc(C(=O)NCc2cc(-c3ccc4ccccc4c3)on2)cc1. The standard InChI is InChI=1S/C22H18N2O2/c1-15-6-8-17(9-7-15)22(25)23-14-20-13-21(26-24-20)19-11-10-16-4-2-3-5-18(16)12-19/h2-13H,14H2,1H3,(H,23,25). The Balaban J connectivity index is 1.47. The predicted molar refractivity (Wildman–Crippen MR) is 102 cm³/mol. The summed E-state index contributed by atoms with van der Waals surface area (Å²) < 4.78 is 5.45. The van der Waals surface area contributed by atoms with E-state index in [4.69, 9.17) is 4.52 Å². The number of hydrogen-bond donors (Lipinski definition) is 1. The fourth-order valence-electron chi connectivity index (χ4n) is 2.85. The molecule has 4 rings (SSSR count). The van der Waals surface area contributed by atoms with Crippen molar-refractivity contribution in [3.8, 4) is 11.3 Å². The van der Waals surface area contributed by atoms with Crippen molar-refractivity contribution in [3.63, 3.8) is 0 Å². The number of fused-ring (bicyclic) bond motifs is 1. The van der Waals surface area contributed by atoms with Gasteiger partial charge >= 0.3 is 0 Å². The maximum absolute atomic E-state index is 12.2. The van der Waals surface area contributed by atoms with Crippen LogP contribution < -0.4 is 5.32 Å². The van der Waals surface area contributed by atoms with E-state index in [9.17, 15) is 4.79 Å². The lowest BCUT2D eigenvalue weighted by molar-refractivity contribution is 0.0950. The van der Waals surface area contributed by atoms with Gasteiger partial charge in [-0.05, 0) is 35.9 Å². The molecule has 1 aromatic heterocycles. The monoisotopic (exact) mass is 342 g/mol. The van der Waals surface area contributed by atoms with Gasteiger partial charge in [-0.1, -0.05) is 59.3 Å². The number of carbonyl (C=O) groups excluding carboxylic acids is 1. The Bertz CT molecular complexity index is 1060. The van der Waals surface area contributed by atoms with E-state index < -0.39 is 0 Å². The second-order valence-corrected chi connectivity index (χ2v) is 6.29. The number of nitrogens with zero attached hydrogens (tertiary/aromatic N) is 1. The van der Waals surface area contributed by atoms with Crippen molar-refractivity contribution in [1.29, 1.82) is 0 Å². The Morgan fingerprint density at radius 3 is 2.54 bits per heavy atom. The number of aromatic nitrogens is 1. The highest BCUT2D eigenvalue weighted by Gasteiger charge is 2.10. The lowest BCUT2D eigenvalue weighted by Crippen LogP contribution is -2.22. The second kappa shape index (κ2) is 6.84. The van der Waals surface area contributed by atoms with Gasteiger partial charge in [-0.15, -0.1) is 0 Å². The molecule has 3 aromatic carbocycles. The fraction of sp³-hybridized carbons (Fsp3) is 0.0909. The van der Waals surface area contributed by atoms with Crippen molar-refractivity contribution >= 4 is 16.7 Å². The zero-order chi connectivity index (χ0) is 17.9. The summed E-state index contributed by atoms with van der Waals surface area (Å²) in [7, 11) is 0. The number of hydrogen-bond acceptors (Lipinski definition) is 3. The number of amides is 1. The molecule has 4 heteroatoms. The van der Waals surface area contributed by atoms with Crippen LogP contribution in [0.5, 0.6) is 0 Å². The van der Waals surface area contributed by atoms with Crippen molar-refractivity contribution in [2.75, 3.05) is 0 Å². The summed E-state index contributed by atoms with van der Waals surface area (Å²) in [4.78, 5) is 12.2. The molecule has 4 nitrogen and oxygen atoms in total. The van der Waals surface area contributed by atoms with E-state index in [1.165, 1.54) is 5.39 Å². The van der Waals surface area contributed by atoms with Crippen LogP contribution in [0.15, 0.2) is 77.3 Å². The highest BCUT2D eigenvalue weighted by Crippen LogP contribution is 2.25. The van der Waals surface area contributed by atoms with Gasteiger partial charge in [-0.2, -0.15) is 0 Å². The molecule has 0 atom stereocenters. The van der Waals surface area contributed by atoms with Crippen LogP contribution in [0.3, 0.4) is 0 Å². The van der Waals surface area contributed by atoms with E-state index in [2.05, 4.69) is 34.7 Å². The van der Waals surface area contributed by atoms with Gasteiger partial charge in [0.05, 0.1) is 6.54 Å². The molecule has 1 amide bonds. The van der Waals surface area contributed by atoms with Crippen molar-refractivity contribution in [1.82, 2.24) is 10.5 Å². The summed E-state index contributed by atoms with van der Waals surface area (Å²) in [5.74, 6) is 0.565. The maximum atomic E-state index is 12.2. The first kappa shape index (κ1) is 16.1. The van der Waals surface area contributed by atoms with Gasteiger partial charge in [0.15, 0.2) is 5.76 Å². The van der Waals surface area contributed by atoms with Crippen molar-refractivity contribution in [3.05, 3.63) is 89.6 Å². The van der Waals surface area contributed by atoms with Crippen LogP contribution >= 0.6 is 0 Å². The first-order chi connectivity index (χ1) is 12.7. The van der Waals surface area contributed by atoms with Gasteiger partial charge in [-0.25, -0.2) is 0 Å². The molecule has 0 aliphatic carbocycles. The van der Waals surface area contributed by atoms with Gasteiger partial charge in [0, 0.05) is 17.2 Å². The minimum Gasteiger partial charge on any atom is -0.356 e. The average molecular weight is 342 g/mol. The highest BCUT2D eigenvalue weighted by atomic mass is 16.5. The molecule has 0 radical (unpaired) electrons. The first-order valence-corrected chi connectivity index (χ1v) is 8.49. The Morgan fingerprint density at radius 1 is 0.962 bits per heavy atom. The molecule has 1 N–H and O–H groups in total. The van der Waals surface area contributed by atoms with E-state index >= 15 is 0 Å². The summed E-state index contributed by atoms with van der Waals surface area (Å²) in [6.45, 7) is 2.31. The molecule has 1 heterocycles. The van der Waals surface area contributed by atoms with E-state index in [0.717, 1.165) is 16.5 Å². The van der Waals surface area contributed by atoms with Gasteiger partial charge < -0.3 is 9.84 Å². The summed E-state index contributed by atoms with van der Waals surface area (Å²) in [5.41, 5.74) is 3.41. The molecule has 0 aliphatic rings. The third-order valence-electron chi connectivity index (χ3n) is 4.34. The molecular formula is C22H18N2O2. The number of rotatable bonds is 4. The van der Waals surface area contributed by atoms with Crippen LogP contribution in [-0.4, -0.2) is 11.1 Å². The van der Waals surface area contributed by atoms with E-state index in [0.29, 0.717) is 23.6 Å². The second-order valence-electron chi connectivity index (χ2n) is 6.29. The zero-order valence-electron chi connectivity index (χ0n) is 14.4. The maximum Gasteiger partial charge on any atom is 0.251 e. The third kappa shape index (κ3) is 3.35. The van der Waals surface area contributed by atoms with Crippen LogP contribution in [0, 0.1) is 6.92 Å². The number of nitrogens with one attached hydrogen (secondary N) is 1. The normalized spacial score (nSPS) is 10.8. The smallest absolute Gasteiger partial charge is 0.251 e. The zero-order valence-corrected chi connectivity index (χ0v) is 14.4. The van der Waals surface area contributed by atoms with E-state index in [1.54, 1.807) is 0 Å². The highest BCUT2D eigenvalue weighted by molar-refractivity contribution is 5.94. The largest absolute Gasteiger partial charge is 0.356 e. The Hall–Kier alpha value is -3.40. The topological polar surface area (TPSA) is 55.1 Å². The summed E-state index contributed by atoms with van der Waals surface area (Å²) >= 11 is 0. The van der Waals surface area contributed by atoms with Crippen molar-refractivity contribution < 1.29 is 9.32 Å². The van der Waals surface area contributed by atoms with Crippen LogP contribution in [0.2, 0.25) is 0 Å². The molecule has 0 bridgehead atoms. The number of carbonyl (C=O) groups is 1. The Labute approximate surface area is 151 Å². The molecule has 128 valence electrons. The molecule has 0 unspecified atom stereocenters. The molecular weight excluding hydrogens is 324 g/mol. The lowest BCUT2D eigenvalue weighted by Gasteiger charge is -2.03. The number of aryl methyl sites for hydroxylation is 1. The van der Waals surface area contributed by atoms with Gasteiger partial charge in [0.25, 0.3) is 5.91 Å². The number of benzene rings is 3. The molecule has 0 saturated heterocycles. The van der Waals surface area contributed by atoms with Crippen LogP contribution in [0.1, 0.15) is 21.6 Å². The lowest BCUT2D eigenvalue weighted by atomic mass is 10.1. The van der Waals surface area contributed by atoms with E-state index in [1.807, 2.05) is 55.5 Å². The van der Waals surface area contributed by atoms with Crippen molar-refractivity contribution in [2.45, 2.75) is 13.5 Å². The molecule has 0 aliphatic heterocycles. The molecule has 0 saturated carbocycles. The third-order valence-corrected chi connectivity index (χ3v) is 4.34.